The van der Waals surface area contributed by atoms with Crippen molar-refractivity contribution in [2.24, 2.45) is 0 Å². The highest BCUT2D eigenvalue weighted by Crippen LogP contribution is 2.38. The van der Waals surface area contributed by atoms with Crippen LogP contribution in [0.3, 0.4) is 0 Å². The van der Waals surface area contributed by atoms with Crippen LogP contribution in [-0.2, 0) is 20.2 Å². The van der Waals surface area contributed by atoms with Crippen LogP contribution < -0.4 is 0 Å². The predicted molar refractivity (Wildman–Crippen MR) is 154 cm³/mol. The minimum Gasteiger partial charge on any atom is -0.414 e. The summed E-state index contributed by atoms with van der Waals surface area (Å²) in [6, 6.07) is 14.1. The molecule has 5 heteroatoms. The van der Waals surface area contributed by atoms with Gasteiger partial charge in [0, 0.05) is 6.61 Å². The van der Waals surface area contributed by atoms with Crippen molar-refractivity contribution < 1.29 is 13.6 Å². The Morgan fingerprint density at radius 2 is 1.35 bits per heavy atom. The first-order valence-electron chi connectivity index (χ1n) is 14.0. The average molecular weight is 509 g/mol. The SMILES string of the molecule is CC[Si](CC)(CC)OC[C@@H](CCCCCCCCOCc1ccccc1)O[Si](C)(C)C(C)(C)C. The summed E-state index contributed by atoms with van der Waals surface area (Å²) in [4.78, 5) is 0. The lowest BCUT2D eigenvalue weighted by Gasteiger charge is -2.40. The maximum absolute atomic E-state index is 6.86. The van der Waals surface area contributed by atoms with Gasteiger partial charge < -0.3 is 13.6 Å². The Morgan fingerprint density at radius 1 is 0.794 bits per heavy atom. The zero-order valence-corrected chi connectivity index (χ0v) is 25.9. The Morgan fingerprint density at radius 3 is 1.91 bits per heavy atom. The summed E-state index contributed by atoms with van der Waals surface area (Å²) in [5, 5.41) is 0.239. The molecule has 0 fully saturated rings. The summed E-state index contributed by atoms with van der Waals surface area (Å²) >= 11 is 0. The molecule has 1 aromatic carbocycles. The third kappa shape index (κ3) is 12.0. The second kappa shape index (κ2) is 16.3. The first-order valence-corrected chi connectivity index (χ1v) is 19.5. The first-order chi connectivity index (χ1) is 16.1. The smallest absolute Gasteiger partial charge is 0.192 e. The van der Waals surface area contributed by atoms with Gasteiger partial charge in [-0.25, -0.2) is 0 Å². The van der Waals surface area contributed by atoms with Crippen LogP contribution in [0.25, 0.3) is 0 Å². The summed E-state index contributed by atoms with van der Waals surface area (Å²) in [5.41, 5.74) is 1.26. The molecule has 198 valence electrons. The van der Waals surface area contributed by atoms with E-state index >= 15 is 0 Å². The summed E-state index contributed by atoms with van der Waals surface area (Å²) in [6.45, 7) is 21.1. The molecule has 0 radical (unpaired) electrons. The Labute approximate surface area is 214 Å². The van der Waals surface area contributed by atoms with Gasteiger partial charge in [0.15, 0.2) is 16.6 Å². The van der Waals surface area contributed by atoms with Crippen molar-refractivity contribution in [2.45, 2.75) is 135 Å². The van der Waals surface area contributed by atoms with Gasteiger partial charge in [0.05, 0.1) is 19.3 Å². The van der Waals surface area contributed by atoms with E-state index in [-0.39, 0.29) is 11.1 Å². The van der Waals surface area contributed by atoms with Crippen molar-refractivity contribution in [1.82, 2.24) is 0 Å². The van der Waals surface area contributed by atoms with Crippen LogP contribution in [-0.4, -0.2) is 36.0 Å². The largest absolute Gasteiger partial charge is 0.414 e. The minimum atomic E-state index is -1.79. The van der Waals surface area contributed by atoms with E-state index in [1.54, 1.807) is 0 Å². The number of ether oxygens (including phenoxy) is 1. The molecule has 0 bridgehead atoms. The molecule has 1 aromatic rings. The normalized spacial score (nSPS) is 13.9. The van der Waals surface area contributed by atoms with Crippen molar-refractivity contribution >= 4 is 16.6 Å². The fourth-order valence-corrected chi connectivity index (χ4v) is 8.17. The molecular formula is C29H56O3Si2. The molecule has 0 aliphatic rings. The third-order valence-corrected chi connectivity index (χ3v) is 17.1. The van der Waals surface area contributed by atoms with Crippen LogP contribution in [0.4, 0.5) is 0 Å². The van der Waals surface area contributed by atoms with E-state index in [4.69, 9.17) is 13.6 Å². The molecule has 0 heterocycles. The summed E-state index contributed by atoms with van der Waals surface area (Å²) in [6.07, 6.45) is 8.96. The molecule has 0 saturated heterocycles. The van der Waals surface area contributed by atoms with Crippen molar-refractivity contribution in [3.63, 3.8) is 0 Å². The molecule has 34 heavy (non-hydrogen) atoms. The molecule has 1 atom stereocenters. The predicted octanol–water partition coefficient (Wildman–Crippen LogP) is 9.35. The molecule has 0 saturated carbocycles. The molecule has 0 aromatic heterocycles. The molecule has 3 nitrogen and oxygen atoms in total. The standard InChI is InChI=1S/C29H56O3Si2/c1-9-34(10-2,11-3)31-26-28(32-33(7,8)29(4,5)6)23-19-14-12-13-15-20-24-30-25-27-21-17-16-18-22-27/h16-18,21-22,28H,9-15,19-20,23-26H2,1-8H3/t28-/m1/s1. The van der Waals surface area contributed by atoms with Crippen LogP contribution >= 0.6 is 0 Å². The van der Waals surface area contributed by atoms with E-state index in [1.807, 2.05) is 0 Å². The first kappa shape index (κ1) is 31.6. The van der Waals surface area contributed by atoms with E-state index in [1.165, 1.54) is 55.8 Å². The summed E-state index contributed by atoms with van der Waals surface area (Å²) < 4.78 is 19.4. The number of hydrogen-bond acceptors (Lipinski definition) is 3. The fourth-order valence-electron chi connectivity index (χ4n) is 4.14. The van der Waals surface area contributed by atoms with Crippen molar-refractivity contribution in [3.05, 3.63) is 35.9 Å². The zero-order chi connectivity index (χ0) is 25.5. The van der Waals surface area contributed by atoms with Crippen LogP contribution in [0.1, 0.15) is 92.1 Å². The summed E-state index contributed by atoms with van der Waals surface area (Å²) in [7, 11) is -3.37. The van der Waals surface area contributed by atoms with Crippen molar-refractivity contribution in [3.8, 4) is 0 Å². The van der Waals surface area contributed by atoms with Gasteiger partial charge in [-0.15, -0.1) is 0 Å². The zero-order valence-electron chi connectivity index (χ0n) is 23.9. The van der Waals surface area contributed by atoms with Gasteiger partial charge in [0.2, 0.25) is 0 Å². The van der Waals surface area contributed by atoms with Gasteiger partial charge in [0.1, 0.15) is 0 Å². The van der Waals surface area contributed by atoms with Crippen LogP contribution in [0, 0.1) is 0 Å². The lowest BCUT2D eigenvalue weighted by Crippen LogP contribution is -2.46. The van der Waals surface area contributed by atoms with E-state index in [0.717, 1.165) is 32.7 Å². The summed E-state index contributed by atoms with van der Waals surface area (Å²) in [5.74, 6) is 0. The maximum Gasteiger partial charge on any atom is 0.192 e. The van der Waals surface area contributed by atoms with Gasteiger partial charge in [-0.1, -0.05) is 104 Å². The van der Waals surface area contributed by atoms with Gasteiger partial charge in [0.25, 0.3) is 0 Å². The van der Waals surface area contributed by atoms with Gasteiger partial charge in [-0.3, -0.25) is 0 Å². The van der Waals surface area contributed by atoms with Gasteiger partial charge in [-0.2, -0.15) is 0 Å². The lowest BCUT2D eigenvalue weighted by atomic mass is 10.1. The second-order valence-electron chi connectivity index (χ2n) is 11.5. The Bertz CT molecular complexity index is 616. The Kier molecular flexibility index (Phi) is 15.1. The highest BCUT2D eigenvalue weighted by molar-refractivity contribution is 6.74. The van der Waals surface area contributed by atoms with Crippen LogP contribution in [0.5, 0.6) is 0 Å². The molecule has 0 aliphatic carbocycles. The van der Waals surface area contributed by atoms with E-state index < -0.39 is 16.6 Å². The molecule has 0 amide bonds. The van der Waals surface area contributed by atoms with Crippen LogP contribution in [0.2, 0.25) is 36.3 Å². The Balaban J connectivity index is 2.34. The van der Waals surface area contributed by atoms with E-state index in [0.29, 0.717) is 0 Å². The minimum absolute atomic E-state index is 0.239. The Hall–Kier alpha value is -0.466. The average Bonchev–Trinajstić information content (AvgIpc) is 2.81. The number of benzene rings is 1. The van der Waals surface area contributed by atoms with Crippen LogP contribution in [0.15, 0.2) is 30.3 Å². The molecule has 1 rings (SSSR count). The fraction of sp³-hybridized carbons (Fsp3) is 0.793. The number of rotatable bonds is 19. The lowest BCUT2D eigenvalue weighted by molar-refractivity contribution is 0.0995. The quantitative estimate of drug-likeness (QED) is 0.138. The van der Waals surface area contributed by atoms with Crippen molar-refractivity contribution in [1.29, 1.82) is 0 Å². The molecule has 0 N–H and O–H groups in total. The highest BCUT2D eigenvalue weighted by Gasteiger charge is 2.39. The topological polar surface area (TPSA) is 27.7 Å². The molecule has 0 unspecified atom stereocenters. The monoisotopic (exact) mass is 508 g/mol. The molecular weight excluding hydrogens is 452 g/mol. The maximum atomic E-state index is 6.86. The number of hydrogen-bond donors (Lipinski definition) is 0. The van der Waals surface area contributed by atoms with Crippen molar-refractivity contribution in [2.75, 3.05) is 13.2 Å². The van der Waals surface area contributed by atoms with E-state index in [9.17, 15) is 0 Å². The third-order valence-electron chi connectivity index (χ3n) is 7.95. The van der Waals surface area contributed by atoms with Gasteiger partial charge in [-0.05, 0) is 54.7 Å². The number of unbranched alkanes of at least 4 members (excludes halogenated alkanes) is 5. The highest BCUT2D eigenvalue weighted by atomic mass is 28.4. The second-order valence-corrected chi connectivity index (χ2v) is 21.0. The molecule has 0 spiro atoms. The van der Waals surface area contributed by atoms with Gasteiger partial charge >= 0.3 is 0 Å². The molecule has 0 aliphatic heterocycles. The van der Waals surface area contributed by atoms with E-state index in [2.05, 4.69) is 85.0 Å².